The third-order valence-corrected chi connectivity index (χ3v) is 7.64. The van der Waals surface area contributed by atoms with E-state index in [-0.39, 0.29) is 5.91 Å². The van der Waals surface area contributed by atoms with Crippen LogP contribution in [-0.4, -0.2) is 34.9 Å². The van der Waals surface area contributed by atoms with Crippen LogP contribution in [0.2, 0.25) is 0 Å². The molecule has 0 aliphatic carbocycles. The van der Waals surface area contributed by atoms with Crippen molar-refractivity contribution in [3.8, 4) is 28.6 Å². The summed E-state index contributed by atoms with van der Waals surface area (Å²) >= 11 is 1.56. The molecule has 0 unspecified atom stereocenters. The predicted molar refractivity (Wildman–Crippen MR) is 160 cm³/mol. The van der Waals surface area contributed by atoms with Gasteiger partial charge in [-0.1, -0.05) is 54.2 Å². The average molecular weight is 551 g/mol. The van der Waals surface area contributed by atoms with Crippen molar-refractivity contribution in [3.63, 3.8) is 0 Å². The highest BCUT2D eigenvalue weighted by Crippen LogP contribution is 2.34. The van der Waals surface area contributed by atoms with E-state index in [1.165, 1.54) is 5.56 Å². The molecule has 202 valence electrons. The van der Waals surface area contributed by atoms with Crippen molar-refractivity contribution in [2.45, 2.75) is 24.8 Å². The number of carbonyl (C=O) groups is 1. The highest BCUT2D eigenvalue weighted by molar-refractivity contribution is 7.98. The lowest BCUT2D eigenvalue weighted by Gasteiger charge is -2.14. The van der Waals surface area contributed by atoms with Crippen molar-refractivity contribution in [3.05, 3.63) is 113 Å². The highest BCUT2D eigenvalue weighted by atomic mass is 32.2. The van der Waals surface area contributed by atoms with Crippen LogP contribution in [0, 0.1) is 13.8 Å². The van der Waals surface area contributed by atoms with E-state index in [1.54, 1.807) is 26.0 Å². The molecule has 40 heavy (non-hydrogen) atoms. The molecule has 5 rings (SSSR count). The molecule has 0 saturated carbocycles. The number of rotatable bonds is 9. The lowest BCUT2D eigenvalue weighted by atomic mass is 10.1. The number of hydrogen-bond donors (Lipinski definition) is 1. The topological polar surface area (TPSA) is 78.3 Å². The van der Waals surface area contributed by atoms with Crippen LogP contribution in [0.5, 0.6) is 11.5 Å². The summed E-state index contributed by atoms with van der Waals surface area (Å²) in [4.78, 5) is 12.8. The fourth-order valence-corrected chi connectivity index (χ4v) is 5.17. The number of methoxy groups -OCH3 is 2. The minimum atomic E-state index is -0.138. The molecule has 0 radical (unpaired) electrons. The first-order valence-corrected chi connectivity index (χ1v) is 13.8. The Morgan fingerprint density at radius 2 is 1.65 bits per heavy atom. The zero-order valence-corrected chi connectivity index (χ0v) is 23.7. The van der Waals surface area contributed by atoms with Crippen LogP contribution < -0.4 is 14.8 Å². The maximum Gasteiger partial charge on any atom is 0.255 e. The number of aromatic nitrogens is 3. The normalized spacial score (nSPS) is 10.8. The van der Waals surface area contributed by atoms with E-state index in [0.717, 1.165) is 39.0 Å². The van der Waals surface area contributed by atoms with Crippen LogP contribution in [0.15, 0.2) is 96.2 Å². The van der Waals surface area contributed by atoms with Gasteiger partial charge in [0, 0.05) is 22.6 Å². The monoisotopic (exact) mass is 550 g/mol. The number of amides is 1. The predicted octanol–water partition coefficient (Wildman–Crippen LogP) is 7.11. The molecule has 1 heterocycles. The standard InChI is InChI=1S/C32H30N4O3S/c1-21-12-17-26(18-22(21)2)33-31(37)24-15-13-23(14-16-24)20-40-32-35-34-30(25-8-7-9-27(19-25)38-3)36(32)28-10-5-6-11-29(28)39-4/h5-19H,20H2,1-4H3,(H,33,37). The summed E-state index contributed by atoms with van der Waals surface area (Å²) in [6, 6.07) is 29.1. The highest BCUT2D eigenvalue weighted by Gasteiger charge is 2.19. The van der Waals surface area contributed by atoms with Crippen LogP contribution in [0.3, 0.4) is 0 Å². The molecule has 0 atom stereocenters. The first kappa shape index (κ1) is 27.0. The maximum absolute atomic E-state index is 12.8. The van der Waals surface area contributed by atoms with Crippen molar-refractivity contribution in [2.75, 3.05) is 19.5 Å². The molecule has 0 fully saturated rings. The summed E-state index contributed by atoms with van der Waals surface area (Å²) in [7, 11) is 3.29. The molecule has 5 aromatic rings. The van der Waals surface area contributed by atoms with Gasteiger partial charge in [-0.25, -0.2) is 0 Å². The van der Waals surface area contributed by atoms with Crippen LogP contribution in [0.25, 0.3) is 17.1 Å². The van der Waals surface area contributed by atoms with Crippen molar-refractivity contribution in [1.82, 2.24) is 14.8 Å². The average Bonchev–Trinajstić information content (AvgIpc) is 3.42. The number of para-hydroxylation sites is 2. The summed E-state index contributed by atoms with van der Waals surface area (Å²) in [5.74, 6) is 2.64. The van der Waals surface area contributed by atoms with Crippen molar-refractivity contribution >= 4 is 23.4 Å². The number of aryl methyl sites for hydroxylation is 2. The van der Waals surface area contributed by atoms with Gasteiger partial charge in [0.05, 0.1) is 19.9 Å². The van der Waals surface area contributed by atoms with Gasteiger partial charge in [-0.2, -0.15) is 0 Å². The minimum absolute atomic E-state index is 0.138. The second-order valence-corrected chi connectivity index (χ2v) is 10.2. The summed E-state index contributed by atoms with van der Waals surface area (Å²) in [5, 5.41) is 12.8. The summed E-state index contributed by atoms with van der Waals surface area (Å²) in [6.07, 6.45) is 0. The van der Waals surface area contributed by atoms with Gasteiger partial charge >= 0.3 is 0 Å². The van der Waals surface area contributed by atoms with Gasteiger partial charge in [0.1, 0.15) is 11.5 Å². The minimum Gasteiger partial charge on any atom is -0.497 e. The number of benzene rings is 4. The molecular formula is C32H30N4O3S. The molecule has 0 spiro atoms. The molecule has 0 aliphatic rings. The van der Waals surface area contributed by atoms with E-state index >= 15 is 0 Å². The van der Waals surface area contributed by atoms with Gasteiger partial charge in [0.2, 0.25) is 0 Å². The molecule has 0 bridgehead atoms. The number of hydrogen-bond acceptors (Lipinski definition) is 6. The number of nitrogens with zero attached hydrogens (tertiary/aromatic N) is 3. The number of ether oxygens (including phenoxy) is 2. The van der Waals surface area contributed by atoms with Crippen LogP contribution in [0.1, 0.15) is 27.0 Å². The number of nitrogens with one attached hydrogen (secondary N) is 1. The van der Waals surface area contributed by atoms with E-state index < -0.39 is 0 Å². The lowest BCUT2D eigenvalue weighted by molar-refractivity contribution is 0.102. The van der Waals surface area contributed by atoms with Gasteiger partial charge in [-0.3, -0.25) is 9.36 Å². The number of carbonyl (C=O) groups excluding carboxylic acids is 1. The molecule has 8 heteroatoms. The molecule has 1 amide bonds. The zero-order chi connectivity index (χ0) is 28.1. The molecule has 1 aromatic heterocycles. The van der Waals surface area contributed by atoms with E-state index in [1.807, 2.05) is 102 Å². The van der Waals surface area contributed by atoms with Gasteiger partial charge in [-0.05, 0) is 79.1 Å². The van der Waals surface area contributed by atoms with E-state index in [4.69, 9.17) is 9.47 Å². The van der Waals surface area contributed by atoms with Gasteiger partial charge in [0.25, 0.3) is 5.91 Å². The van der Waals surface area contributed by atoms with Crippen LogP contribution in [-0.2, 0) is 5.75 Å². The van der Waals surface area contributed by atoms with Crippen molar-refractivity contribution in [2.24, 2.45) is 0 Å². The Kier molecular flexibility index (Phi) is 8.17. The Morgan fingerprint density at radius 1 is 0.850 bits per heavy atom. The first-order chi connectivity index (χ1) is 19.5. The number of anilines is 1. The summed E-state index contributed by atoms with van der Waals surface area (Å²) < 4.78 is 13.1. The molecule has 1 N–H and O–H groups in total. The Bertz CT molecular complexity index is 1650. The van der Waals surface area contributed by atoms with E-state index in [9.17, 15) is 4.79 Å². The molecule has 0 saturated heterocycles. The molecule has 0 aliphatic heterocycles. The Morgan fingerprint density at radius 3 is 2.40 bits per heavy atom. The summed E-state index contributed by atoms with van der Waals surface area (Å²) in [6.45, 7) is 4.09. The third kappa shape index (κ3) is 5.87. The Hall–Kier alpha value is -4.56. The van der Waals surface area contributed by atoms with Crippen molar-refractivity contribution in [1.29, 1.82) is 0 Å². The second kappa shape index (κ2) is 12.1. The smallest absolute Gasteiger partial charge is 0.255 e. The largest absolute Gasteiger partial charge is 0.497 e. The van der Waals surface area contributed by atoms with Gasteiger partial charge in [0.15, 0.2) is 11.0 Å². The molecule has 7 nitrogen and oxygen atoms in total. The van der Waals surface area contributed by atoms with Crippen LogP contribution in [0.4, 0.5) is 5.69 Å². The fourth-order valence-electron chi connectivity index (χ4n) is 4.27. The quantitative estimate of drug-likeness (QED) is 0.197. The fraction of sp³-hybridized carbons (Fsp3) is 0.156. The van der Waals surface area contributed by atoms with Gasteiger partial charge < -0.3 is 14.8 Å². The number of thioether (sulfide) groups is 1. The van der Waals surface area contributed by atoms with E-state index in [2.05, 4.69) is 22.4 Å². The SMILES string of the molecule is COc1cccc(-c2nnc(SCc3ccc(C(=O)Nc4ccc(C)c(C)c4)cc3)n2-c2ccccc2OC)c1. The second-order valence-electron chi connectivity index (χ2n) is 9.28. The molecular weight excluding hydrogens is 520 g/mol. The van der Waals surface area contributed by atoms with Crippen molar-refractivity contribution < 1.29 is 14.3 Å². The van der Waals surface area contributed by atoms with Gasteiger partial charge in [-0.15, -0.1) is 10.2 Å². The zero-order valence-electron chi connectivity index (χ0n) is 22.8. The lowest BCUT2D eigenvalue weighted by Crippen LogP contribution is -2.12. The van der Waals surface area contributed by atoms with Crippen LogP contribution >= 0.6 is 11.8 Å². The Labute approximate surface area is 238 Å². The third-order valence-electron chi connectivity index (χ3n) is 6.64. The first-order valence-electron chi connectivity index (χ1n) is 12.8. The Balaban J connectivity index is 1.37. The maximum atomic E-state index is 12.8. The summed E-state index contributed by atoms with van der Waals surface area (Å²) in [5.41, 5.74) is 6.50. The van der Waals surface area contributed by atoms with E-state index in [0.29, 0.717) is 22.9 Å². The molecule has 4 aromatic carbocycles.